The number of aryl methyl sites for hydroxylation is 1. The number of nitrogen functional groups attached to an aromatic ring is 1. The highest BCUT2D eigenvalue weighted by Crippen LogP contribution is 2.41. The minimum absolute atomic E-state index is 0.306. The molecule has 21 heavy (non-hydrogen) atoms. The number of rotatable bonds is 3. The van der Waals surface area contributed by atoms with Gasteiger partial charge >= 0.3 is 0 Å². The van der Waals surface area contributed by atoms with E-state index in [0.29, 0.717) is 22.5 Å². The molecule has 2 aromatic heterocycles. The molecule has 0 aliphatic rings. The van der Waals surface area contributed by atoms with Gasteiger partial charge in [0.25, 0.3) is 0 Å². The van der Waals surface area contributed by atoms with Crippen LogP contribution in [-0.4, -0.2) is 16.9 Å². The summed E-state index contributed by atoms with van der Waals surface area (Å²) in [4.78, 5) is 0. The van der Waals surface area contributed by atoms with Gasteiger partial charge in [-0.1, -0.05) is 18.2 Å². The van der Waals surface area contributed by atoms with Crippen LogP contribution in [0.15, 0.2) is 40.8 Å². The zero-order valence-electron chi connectivity index (χ0n) is 11.6. The second kappa shape index (κ2) is 5.18. The SMILES string of the molecule is COc1ccccc1-c1c(-c2ccc(Cl)o2)nn(C)c1N. The number of furan rings is 1. The van der Waals surface area contributed by atoms with Crippen LogP contribution in [0.3, 0.4) is 0 Å². The van der Waals surface area contributed by atoms with Crippen LogP contribution in [-0.2, 0) is 7.05 Å². The van der Waals surface area contributed by atoms with Gasteiger partial charge in [0.15, 0.2) is 11.0 Å². The molecule has 0 spiro atoms. The average molecular weight is 304 g/mol. The molecule has 0 atom stereocenters. The van der Waals surface area contributed by atoms with Gasteiger partial charge in [-0.05, 0) is 29.8 Å². The molecular formula is C15H14ClN3O2. The first kappa shape index (κ1) is 13.6. The molecule has 0 amide bonds. The Morgan fingerprint density at radius 1 is 1.24 bits per heavy atom. The average Bonchev–Trinajstić information content (AvgIpc) is 3.04. The normalized spacial score (nSPS) is 10.8. The van der Waals surface area contributed by atoms with Gasteiger partial charge in [0.1, 0.15) is 17.3 Å². The van der Waals surface area contributed by atoms with Crippen molar-refractivity contribution in [1.82, 2.24) is 9.78 Å². The van der Waals surface area contributed by atoms with E-state index in [1.54, 1.807) is 31.0 Å². The lowest BCUT2D eigenvalue weighted by Crippen LogP contribution is -1.98. The van der Waals surface area contributed by atoms with Crippen molar-refractivity contribution in [3.05, 3.63) is 41.6 Å². The van der Waals surface area contributed by atoms with Crippen LogP contribution in [0, 0.1) is 0 Å². The zero-order chi connectivity index (χ0) is 15.0. The van der Waals surface area contributed by atoms with E-state index in [2.05, 4.69) is 5.10 Å². The second-order valence-electron chi connectivity index (χ2n) is 4.54. The Balaban J connectivity index is 2.27. The number of benzene rings is 1. The van der Waals surface area contributed by atoms with Crippen molar-refractivity contribution in [2.75, 3.05) is 12.8 Å². The van der Waals surface area contributed by atoms with Gasteiger partial charge in [0.2, 0.25) is 0 Å². The first-order valence-electron chi connectivity index (χ1n) is 6.33. The molecule has 0 bridgehead atoms. The Bertz CT molecular complexity index is 792. The Morgan fingerprint density at radius 3 is 2.67 bits per heavy atom. The zero-order valence-corrected chi connectivity index (χ0v) is 12.4. The molecule has 0 fully saturated rings. The predicted molar refractivity (Wildman–Crippen MR) is 82.3 cm³/mol. The molecular weight excluding hydrogens is 290 g/mol. The van der Waals surface area contributed by atoms with Crippen LogP contribution < -0.4 is 10.5 Å². The van der Waals surface area contributed by atoms with E-state index in [1.807, 2.05) is 24.3 Å². The lowest BCUT2D eigenvalue weighted by atomic mass is 10.0. The van der Waals surface area contributed by atoms with E-state index in [-0.39, 0.29) is 0 Å². The summed E-state index contributed by atoms with van der Waals surface area (Å²) in [5.41, 5.74) is 8.42. The highest BCUT2D eigenvalue weighted by Gasteiger charge is 2.22. The van der Waals surface area contributed by atoms with Crippen molar-refractivity contribution in [3.8, 4) is 28.3 Å². The molecule has 0 saturated heterocycles. The molecule has 6 heteroatoms. The van der Waals surface area contributed by atoms with Gasteiger partial charge in [-0.25, -0.2) is 0 Å². The summed E-state index contributed by atoms with van der Waals surface area (Å²) in [7, 11) is 3.40. The van der Waals surface area contributed by atoms with Crippen LogP contribution in [0.2, 0.25) is 5.22 Å². The standard InChI is InChI=1S/C15H14ClN3O2/c1-19-15(17)13(9-5-3-4-6-10(9)20-2)14(18-19)11-7-8-12(16)21-11/h3-8H,17H2,1-2H3. The molecule has 1 aromatic carbocycles. The van der Waals surface area contributed by atoms with Crippen molar-refractivity contribution >= 4 is 17.4 Å². The Hall–Kier alpha value is -2.40. The smallest absolute Gasteiger partial charge is 0.194 e. The number of nitrogens with two attached hydrogens (primary N) is 1. The summed E-state index contributed by atoms with van der Waals surface area (Å²) in [5, 5.41) is 4.73. The van der Waals surface area contributed by atoms with E-state index < -0.39 is 0 Å². The summed E-state index contributed by atoms with van der Waals surface area (Å²) in [6, 6.07) is 11.1. The van der Waals surface area contributed by atoms with E-state index in [1.165, 1.54) is 0 Å². The van der Waals surface area contributed by atoms with Gasteiger partial charge in [-0.2, -0.15) is 5.10 Å². The third kappa shape index (κ3) is 2.25. The quantitative estimate of drug-likeness (QED) is 0.803. The lowest BCUT2D eigenvalue weighted by Gasteiger charge is -2.08. The monoisotopic (exact) mass is 303 g/mol. The van der Waals surface area contributed by atoms with Gasteiger partial charge in [-0.15, -0.1) is 0 Å². The van der Waals surface area contributed by atoms with E-state index in [9.17, 15) is 0 Å². The molecule has 5 nitrogen and oxygen atoms in total. The van der Waals surface area contributed by atoms with Crippen molar-refractivity contribution in [1.29, 1.82) is 0 Å². The molecule has 3 rings (SSSR count). The maximum Gasteiger partial charge on any atom is 0.194 e. The predicted octanol–water partition coefficient (Wildman–Crippen LogP) is 3.59. The highest BCUT2D eigenvalue weighted by molar-refractivity contribution is 6.29. The largest absolute Gasteiger partial charge is 0.496 e. The van der Waals surface area contributed by atoms with Crippen LogP contribution in [0.25, 0.3) is 22.6 Å². The Morgan fingerprint density at radius 2 is 2.00 bits per heavy atom. The first-order valence-corrected chi connectivity index (χ1v) is 6.71. The van der Waals surface area contributed by atoms with Crippen molar-refractivity contribution in [3.63, 3.8) is 0 Å². The number of ether oxygens (including phenoxy) is 1. The maximum absolute atomic E-state index is 6.17. The summed E-state index contributed by atoms with van der Waals surface area (Å²) in [6.45, 7) is 0. The topological polar surface area (TPSA) is 66.2 Å². The van der Waals surface area contributed by atoms with E-state index in [4.69, 9.17) is 26.5 Å². The first-order chi connectivity index (χ1) is 10.1. The number of anilines is 1. The Kier molecular flexibility index (Phi) is 3.35. The maximum atomic E-state index is 6.17. The number of nitrogens with zero attached hydrogens (tertiary/aromatic N) is 2. The van der Waals surface area contributed by atoms with E-state index in [0.717, 1.165) is 16.9 Å². The van der Waals surface area contributed by atoms with Gasteiger partial charge < -0.3 is 14.9 Å². The molecule has 0 aliphatic heterocycles. The van der Waals surface area contributed by atoms with Gasteiger partial charge in [0, 0.05) is 12.6 Å². The summed E-state index contributed by atoms with van der Waals surface area (Å²) in [6.07, 6.45) is 0. The fraction of sp³-hybridized carbons (Fsp3) is 0.133. The second-order valence-corrected chi connectivity index (χ2v) is 4.91. The summed E-state index contributed by atoms with van der Waals surface area (Å²) >= 11 is 5.86. The summed E-state index contributed by atoms with van der Waals surface area (Å²) in [5.74, 6) is 1.81. The highest BCUT2D eigenvalue weighted by atomic mass is 35.5. The van der Waals surface area contributed by atoms with Gasteiger partial charge in [-0.3, -0.25) is 4.68 Å². The molecule has 2 N–H and O–H groups in total. The number of hydrogen-bond donors (Lipinski definition) is 1. The van der Waals surface area contributed by atoms with E-state index >= 15 is 0 Å². The minimum Gasteiger partial charge on any atom is -0.496 e. The van der Waals surface area contributed by atoms with Crippen LogP contribution >= 0.6 is 11.6 Å². The number of hydrogen-bond acceptors (Lipinski definition) is 4. The molecule has 108 valence electrons. The molecule has 0 saturated carbocycles. The molecule has 2 heterocycles. The number of para-hydroxylation sites is 1. The third-order valence-corrected chi connectivity index (χ3v) is 3.48. The van der Waals surface area contributed by atoms with Crippen LogP contribution in [0.1, 0.15) is 0 Å². The Labute approximate surface area is 126 Å². The molecule has 0 radical (unpaired) electrons. The third-order valence-electron chi connectivity index (χ3n) is 3.27. The van der Waals surface area contributed by atoms with Crippen molar-refractivity contribution in [2.45, 2.75) is 0 Å². The molecule has 0 unspecified atom stereocenters. The molecule has 0 aliphatic carbocycles. The van der Waals surface area contributed by atoms with Gasteiger partial charge in [0.05, 0.1) is 12.7 Å². The lowest BCUT2D eigenvalue weighted by molar-refractivity contribution is 0.416. The fourth-order valence-corrected chi connectivity index (χ4v) is 2.41. The van der Waals surface area contributed by atoms with Crippen LogP contribution in [0.4, 0.5) is 5.82 Å². The number of methoxy groups -OCH3 is 1. The van der Waals surface area contributed by atoms with Crippen molar-refractivity contribution in [2.24, 2.45) is 7.05 Å². The minimum atomic E-state index is 0.306. The number of halogens is 1. The van der Waals surface area contributed by atoms with Crippen LogP contribution in [0.5, 0.6) is 5.75 Å². The fourth-order valence-electron chi connectivity index (χ4n) is 2.27. The molecule has 3 aromatic rings. The van der Waals surface area contributed by atoms with Crippen molar-refractivity contribution < 1.29 is 9.15 Å². The summed E-state index contributed by atoms with van der Waals surface area (Å²) < 4.78 is 12.5. The number of aromatic nitrogens is 2.